The van der Waals surface area contributed by atoms with E-state index >= 15 is 0 Å². The van der Waals surface area contributed by atoms with Crippen LogP contribution in [0.2, 0.25) is 5.02 Å². The summed E-state index contributed by atoms with van der Waals surface area (Å²) in [6, 6.07) is 13.4. The van der Waals surface area contributed by atoms with E-state index in [1.54, 1.807) is 60.3 Å². The Morgan fingerprint density at radius 3 is 2.47 bits per heavy atom. The number of anilines is 2. The summed E-state index contributed by atoms with van der Waals surface area (Å²) in [4.78, 5) is 12.6. The summed E-state index contributed by atoms with van der Waals surface area (Å²) in [7, 11) is -3.57. The van der Waals surface area contributed by atoms with Gasteiger partial charge in [-0.05, 0) is 41.8 Å². The summed E-state index contributed by atoms with van der Waals surface area (Å²) in [5.41, 5.74) is 1.50. The zero-order valence-corrected chi connectivity index (χ0v) is 21.0. The Bertz CT molecular complexity index is 1180. The summed E-state index contributed by atoms with van der Waals surface area (Å²) < 4.78 is 26.8. The lowest BCUT2D eigenvalue weighted by Crippen LogP contribution is -2.29. The number of amides is 1. The van der Waals surface area contributed by atoms with Crippen LogP contribution in [-0.2, 0) is 16.6 Å². The van der Waals surface area contributed by atoms with Crippen LogP contribution >= 0.6 is 34.7 Å². The average molecular weight is 511 g/mol. The number of rotatable bonds is 9. The van der Waals surface area contributed by atoms with Gasteiger partial charge in [0.25, 0.3) is 5.91 Å². The molecular formula is C21H23ClN4O3S3. The first-order chi connectivity index (χ1) is 15.1. The molecule has 170 valence electrons. The highest BCUT2D eigenvalue weighted by atomic mass is 35.5. The second-order valence-electron chi connectivity index (χ2n) is 7.44. The Hall–Kier alpha value is -2.14. The van der Waals surface area contributed by atoms with Gasteiger partial charge < -0.3 is 0 Å². The Labute approximate surface area is 201 Å². The van der Waals surface area contributed by atoms with Crippen molar-refractivity contribution in [3.8, 4) is 0 Å². The second-order valence-corrected chi connectivity index (χ2v) is 12.0. The van der Waals surface area contributed by atoms with Crippen molar-refractivity contribution in [1.82, 2.24) is 10.2 Å². The maximum absolute atomic E-state index is 12.6. The van der Waals surface area contributed by atoms with Crippen molar-refractivity contribution < 1.29 is 13.2 Å². The van der Waals surface area contributed by atoms with E-state index in [-0.39, 0.29) is 12.5 Å². The van der Waals surface area contributed by atoms with E-state index in [1.165, 1.54) is 15.6 Å². The van der Waals surface area contributed by atoms with Crippen LogP contribution in [0.5, 0.6) is 0 Å². The molecule has 0 aliphatic heterocycles. The fourth-order valence-electron chi connectivity index (χ4n) is 2.69. The number of hydrogen-bond acceptors (Lipinski definition) is 7. The van der Waals surface area contributed by atoms with Gasteiger partial charge in [0.2, 0.25) is 15.2 Å². The fraction of sp³-hybridized carbons (Fsp3) is 0.286. The van der Waals surface area contributed by atoms with Crippen LogP contribution < -0.4 is 9.62 Å². The highest BCUT2D eigenvalue weighted by Crippen LogP contribution is 2.28. The molecule has 2 aromatic carbocycles. The molecule has 0 atom stereocenters. The molecule has 11 heteroatoms. The summed E-state index contributed by atoms with van der Waals surface area (Å²) in [5.74, 6) is 1.12. The normalized spacial score (nSPS) is 11.5. The molecule has 0 aliphatic carbocycles. The number of nitrogens with one attached hydrogen (secondary N) is 1. The van der Waals surface area contributed by atoms with Gasteiger partial charge in [-0.1, -0.05) is 66.7 Å². The zero-order valence-electron chi connectivity index (χ0n) is 17.8. The molecular weight excluding hydrogens is 488 g/mol. The summed E-state index contributed by atoms with van der Waals surface area (Å²) in [6.07, 6.45) is 1.13. The third-order valence-corrected chi connectivity index (χ3v) is 8.16. The minimum Gasteiger partial charge on any atom is -0.296 e. The lowest BCUT2D eigenvalue weighted by Gasteiger charge is -2.23. The highest BCUT2D eigenvalue weighted by molar-refractivity contribution is 8.01. The molecule has 3 aromatic rings. The average Bonchev–Trinajstić information content (AvgIpc) is 3.18. The predicted octanol–water partition coefficient (Wildman–Crippen LogP) is 5.16. The molecule has 0 spiro atoms. The smallest absolute Gasteiger partial charge is 0.257 e. The highest BCUT2D eigenvalue weighted by Gasteiger charge is 2.20. The number of carbonyl (C=O) groups is 1. The molecule has 1 N–H and O–H groups in total. The van der Waals surface area contributed by atoms with Crippen LogP contribution in [0.4, 0.5) is 10.8 Å². The molecule has 0 saturated carbocycles. The molecule has 0 fully saturated rings. The SMILES string of the molecule is CC(C)CSc1nnc(NC(=O)c2ccc(N(Cc3ccccc3Cl)S(C)(=O)=O)cc2)s1. The van der Waals surface area contributed by atoms with E-state index in [9.17, 15) is 13.2 Å². The standard InChI is InChI=1S/C21H23ClN4O3S3/c1-14(2)13-30-21-25-24-20(31-21)23-19(27)15-8-10-17(11-9-15)26(32(3,28)29)12-16-6-4-5-7-18(16)22/h4-11,14H,12-13H2,1-3H3,(H,23,24,27). The topological polar surface area (TPSA) is 92.3 Å². The van der Waals surface area contributed by atoms with Crippen LogP contribution in [0.3, 0.4) is 0 Å². The number of carbonyl (C=O) groups excluding carboxylic acids is 1. The van der Waals surface area contributed by atoms with Crippen LogP contribution in [0.1, 0.15) is 29.8 Å². The van der Waals surface area contributed by atoms with Gasteiger partial charge >= 0.3 is 0 Å². The lowest BCUT2D eigenvalue weighted by molar-refractivity contribution is 0.102. The number of hydrogen-bond donors (Lipinski definition) is 1. The molecule has 1 aromatic heterocycles. The van der Waals surface area contributed by atoms with Gasteiger partial charge in [0.15, 0.2) is 4.34 Å². The first-order valence-electron chi connectivity index (χ1n) is 9.72. The first kappa shape index (κ1) is 24.5. The van der Waals surface area contributed by atoms with Crippen molar-refractivity contribution in [3.63, 3.8) is 0 Å². The molecule has 0 radical (unpaired) electrons. The Kier molecular flexibility index (Phi) is 8.16. The van der Waals surface area contributed by atoms with Crippen molar-refractivity contribution in [2.45, 2.75) is 24.7 Å². The number of thioether (sulfide) groups is 1. The number of halogens is 1. The quantitative estimate of drug-likeness (QED) is 0.316. The molecule has 0 unspecified atom stereocenters. The van der Waals surface area contributed by atoms with Crippen molar-refractivity contribution in [1.29, 1.82) is 0 Å². The summed E-state index contributed by atoms with van der Waals surface area (Å²) >= 11 is 9.12. The maximum atomic E-state index is 12.6. The lowest BCUT2D eigenvalue weighted by atomic mass is 10.2. The molecule has 0 saturated heterocycles. The van der Waals surface area contributed by atoms with Crippen LogP contribution in [-0.4, -0.2) is 36.5 Å². The van der Waals surface area contributed by atoms with E-state index in [0.29, 0.717) is 32.9 Å². The van der Waals surface area contributed by atoms with Crippen molar-refractivity contribution in [2.75, 3.05) is 21.6 Å². The van der Waals surface area contributed by atoms with Gasteiger partial charge in [-0.3, -0.25) is 14.4 Å². The Morgan fingerprint density at radius 1 is 1.16 bits per heavy atom. The monoisotopic (exact) mass is 510 g/mol. The third-order valence-electron chi connectivity index (χ3n) is 4.26. The molecule has 1 heterocycles. The predicted molar refractivity (Wildman–Crippen MR) is 132 cm³/mol. The van der Waals surface area contributed by atoms with E-state index in [2.05, 4.69) is 29.4 Å². The molecule has 3 rings (SSSR count). The minimum atomic E-state index is -3.57. The van der Waals surface area contributed by atoms with Crippen LogP contribution in [0.15, 0.2) is 52.9 Å². The van der Waals surface area contributed by atoms with Crippen molar-refractivity contribution >= 4 is 61.4 Å². The molecule has 0 bridgehead atoms. The van der Waals surface area contributed by atoms with Gasteiger partial charge in [-0.2, -0.15) is 0 Å². The minimum absolute atomic E-state index is 0.0889. The largest absolute Gasteiger partial charge is 0.296 e. The third kappa shape index (κ3) is 6.68. The number of sulfonamides is 1. The number of aromatic nitrogens is 2. The molecule has 0 aliphatic rings. The van der Waals surface area contributed by atoms with E-state index in [4.69, 9.17) is 11.6 Å². The van der Waals surface area contributed by atoms with Gasteiger partial charge in [-0.15, -0.1) is 10.2 Å². The van der Waals surface area contributed by atoms with Gasteiger partial charge in [0, 0.05) is 16.3 Å². The van der Waals surface area contributed by atoms with E-state index in [0.717, 1.165) is 16.3 Å². The molecule has 1 amide bonds. The molecule has 7 nitrogen and oxygen atoms in total. The second kappa shape index (κ2) is 10.7. The maximum Gasteiger partial charge on any atom is 0.257 e. The van der Waals surface area contributed by atoms with Gasteiger partial charge in [0.05, 0.1) is 18.5 Å². The Morgan fingerprint density at radius 2 is 1.84 bits per heavy atom. The summed E-state index contributed by atoms with van der Waals surface area (Å²) in [5, 5.41) is 11.7. The number of benzene rings is 2. The summed E-state index contributed by atoms with van der Waals surface area (Å²) in [6.45, 7) is 4.34. The van der Waals surface area contributed by atoms with E-state index < -0.39 is 10.0 Å². The Balaban J connectivity index is 1.72. The van der Waals surface area contributed by atoms with E-state index in [1.807, 2.05) is 0 Å². The van der Waals surface area contributed by atoms with Crippen molar-refractivity contribution in [3.05, 3.63) is 64.7 Å². The van der Waals surface area contributed by atoms with Crippen LogP contribution in [0.25, 0.3) is 0 Å². The van der Waals surface area contributed by atoms with Crippen molar-refractivity contribution in [2.24, 2.45) is 5.92 Å². The fourth-order valence-corrected chi connectivity index (χ4v) is 5.48. The number of nitrogens with zero attached hydrogens (tertiary/aromatic N) is 3. The first-order valence-corrected chi connectivity index (χ1v) is 13.7. The van der Waals surface area contributed by atoms with Gasteiger partial charge in [-0.25, -0.2) is 8.42 Å². The zero-order chi connectivity index (χ0) is 23.3. The molecule has 32 heavy (non-hydrogen) atoms. The van der Waals surface area contributed by atoms with Gasteiger partial charge in [0.1, 0.15) is 0 Å². The van der Waals surface area contributed by atoms with Crippen LogP contribution in [0, 0.1) is 5.92 Å².